The molecule has 92 valence electrons. The van der Waals surface area contributed by atoms with Crippen molar-refractivity contribution in [2.75, 3.05) is 5.32 Å². The third-order valence-electron chi connectivity index (χ3n) is 3.25. The van der Waals surface area contributed by atoms with Gasteiger partial charge in [-0.2, -0.15) is 0 Å². The van der Waals surface area contributed by atoms with Crippen molar-refractivity contribution in [1.82, 2.24) is 4.98 Å². The second kappa shape index (κ2) is 4.61. The fourth-order valence-corrected chi connectivity index (χ4v) is 2.69. The number of nitrogens with one attached hydrogen (secondary N) is 2. The molecule has 1 aliphatic carbocycles. The number of hydrogen-bond donors (Lipinski definition) is 2. The van der Waals surface area contributed by atoms with Gasteiger partial charge < -0.3 is 10.3 Å². The molecule has 0 fully saturated rings. The lowest BCUT2D eigenvalue weighted by atomic mass is 10.1. The molecule has 2 N–H and O–H groups in total. The van der Waals surface area contributed by atoms with Crippen LogP contribution in [0.2, 0.25) is 0 Å². The number of amides is 1. The molecular weight excluding hydrogens is 292 g/mol. The maximum Gasteiger partial charge on any atom is 0.272 e. The Balaban J connectivity index is 1.78. The second-order valence-electron chi connectivity index (χ2n) is 4.52. The fourth-order valence-electron chi connectivity index (χ4n) is 2.35. The number of benzene rings is 1. The molecule has 0 bridgehead atoms. The highest BCUT2D eigenvalue weighted by Gasteiger charge is 2.13. The Labute approximate surface area is 114 Å². The van der Waals surface area contributed by atoms with Crippen molar-refractivity contribution in [3.63, 3.8) is 0 Å². The van der Waals surface area contributed by atoms with Crippen LogP contribution in [0.4, 0.5) is 5.69 Å². The zero-order valence-electron chi connectivity index (χ0n) is 9.79. The van der Waals surface area contributed by atoms with Gasteiger partial charge in [-0.15, -0.1) is 0 Å². The molecule has 4 heteroatoms. The SMILES string of the molecule is O=C(Nc1ccc2c(c1)CCC2)c1cc(Br)c[nH]1. The van der Waals surface area contributed by atoms with Crippen LogP contribution in [0.25, 0.3) is 0 Å². The number of halogens is 1. The predicted molar refractivity (Wildman–Crippen MR) is 74.9 cm³/mol. The average Bonchev–Trinajstić information content (AvgIpc) is 2.96. The molecule has 0 radical (unpaired) electrons. The maximum absolute atomic E-state index is 12.0. The van der Waals surface area contributed by atoms with E-state index < -0.39 is 0 Å². The molecule has 0 aliphatic heterocycles. The normalized spacial score (nSPS) is 13.4. The molecule has 0 saturated heterocycles. The van der Waals surface area contributed by atoms with Crippen molar-refractivity contribution >= 4 is 27.5 Å². The van der Waals surface area contributed by atoms with Gasteiger partial charge in [-0.1, -0.05) is 6.07 Å². The van der Waals surface area contributed by atoms with Gasteiger partial charge in [0.15, 0.2) is 0 Å². The van der Waals surface area contributed by atoms with Crippen LogP contribution in [-0.2, 0) is 12.8 Å². The summed E-state index contributed by atoms with van der Waals surface area (Å²) in [5.74, 6) is -0.112. The molecule has 18 heavy (non-hydrogen) atoms. The summed E-state index contributed by atoms with van der Waals surface area (Å²) >= 11 is 3.32. The number of carbonyl (C=O) groups excluding carboxylic acids is 1. The zero-order chi connectivity index (χ0) is 12.5. The first-order valence-corrected chi connectivity index (χ1v) is 6.79. The highest BCUT2D eigenvalue weighted by molar-refractivity contribution is 9.10. The smallest absolute Gasteiger partial charge is 0.272 e. The summed E-state index contributed by atoms with van der Waals surface area (Å²) in [6, 6.07) is 7.93. The largest absolute Gasteiger partial charge is 0.356 e. The molecule has 1 amide bonds. The van der Waals surface area contributed by atoms with Gasteiger partial charge in [0.2, 0.25) is 0 Å². The first kappa shape index (κ1) is 11.5. The van der Waals surface area contributed by atoms with Crippen molar-refractivity contribution in [3.05, 3.63) is 51.8 Å². The molecule has 0 saturated carbocycles. The van der Waals surface area contributed by atoms with Gasteiger partial charge in [-0.05, 0) is 64.5 Å². The lowest BCUT2D eigenvalue weighted by Gasteiger charge is -2.06. The molecular formula is C14H13BrN2O. The Kier molecular flexibility index (Phi) is 2.96. The van der Waals surface area contributed by atoms with E-state index in [1.807, 2.05) is 6.07 Å². The van der Waals surface area contributed by atoms with E-state index in [0.717, 1.165) is 23.0 Å². The van der Waals surface area contributed by atoms with Gasteiger partial charge in [-0.25, -0.2) is 0 Å². The van der Waals surface area contributed by atoms with Crippen LogP contribution in [0.1, 0.15) is 28.0 Å². The number of aromatic amines is 1. The minimum Gasteiger partial charge on any atom is -0.356 e. The van der Waals surface area contributed by atoms with E-state index in [1.54, 1.807) is 12.3 Å². The Morgan fingerprint density at radius 2 is 2.06 bits per heavy atom. The van der Waals surface area contributed by atoms with Crippen LogP contribution in [-0.4, -0.2) is 10.9 Å². The number of fused-ring (bicyclic) bond motifs is 1. The lowest BCUT2D eigenvalue weighted by molar-refractivity contribution is 0.102. The number of aromatic nitrogens is 1. The van der Waals surface area contributed by atoms with E-state index in [0.29, 0.717) is 5.69 Å². The van der Waals surface area contributed by atoms with Crippen molar-refractivity contribution in [1.29, 1.82) is 0 Å². The van der Waals surface area contributed by atoms with Crippen LogP contribution in [0.15, 0.2) is 34.9 Å². The number of hydrogen-bond acceptors (Lipinski definition) is 1. The molecule has 0 unspecified atom stereocenters. The van der Waals surface area contributed by atoms with Crippen molar-refractivity contribution in [2.45, 2.75) is 19.3 Å². The van der Waals surface area contributed by atoms with Crippen molar-refractivity contribution in [2.24, 2.45) is 0 Å². The summed E-state index contributed by atoms with van der Waals surface area (Å²) in [7, 11) is 0. The number of carbonyl (C=O) groups is 1. The summed E-state index contributed by atoms with van der Waals surface area (Å²) in [6.45, 7) is 0. The van der Waals surface area contributed by atoms with Gasteiger partial charge in [-0.3, -0.25) is 4.79 Å². The summed E-state index contributed by atoms with van der Waals surface area (Å²) in [5.41, 5.74) is 4.20. The van der Waals surface area contributed by atoms with Crippen LogP contribution in [0.3, 0.4) is 0 Å². The zero-order valence-corrected chi connectivity index (χ0v) is 11.4. The molecule has 3 rings (SSSR count). The topological polar surface area (TPSA) is 44.9 Å². The molecule has 0 spiro atoms. The van der Waals surface area contributed by atoms with Crippen LogP contribution < -0.4 is 5.32 Å². The maximum atomic E-state index is 12.0. The minimum atomic E-state index is -0.112. The van der Waals surface area contributed by atoms with E-state index in [4.69, 9.17) is 0 Å². The van der Waals surface area contributed by atoms with Crippen molar-refractivity contribution < 1.29 is 4.79 Å². The van der Waals surface area contributed by atoms with Gasteiger partial charge >= 0.3 is 0 Å². The number of anilines is 1. The second-order valence-corrected chi connectivity index (χ2v) is 5.44. The molecule has 2 aromatic rings. The monoisotopic (exact) mass is 304 g/mol. The molecule has 3 nitrogen and oxygen atoms in total. The Bertz CT molecular complexity index is 604. The Hall–Kier alpha value is -1.55. The van der Waals surface area contributed by atoms with E-state index in [2.05, 4.69) is 38.4 Å². The van der Waals surface area contributed by atoms with Gasteiger partial charge in [0.05, 0.1) is 0 Å². The predicted octanol–water partition coefficient (Wildman–Crippen LogP) is 3.52. The molecule has 1 aliphatic rings. The third-order valence-corrected chi connectivity index (χ3v) is 3.71. The molecule has 1 heterocycles. The number of aryl methyl sites for hydroxylation is 2. The standard InChI is InChI=1S/C14H13BrN2O/c15-11-7-13(16-8-11)14(18)17-12-5-4-9-2-1-3-10(9)6-12/h4-8,16H,1-3H2,(H,17,18). The Morgan fingerprint density at radius 3 is 2.83 bits per heavy atom. The highest BCUT2D eigenvalue weighted by atomic mass is 79.9. The summed E-state index contributed by atoms with van der Waals surface area (Å²) in [6.07, 6.45) is 5.24. The number of H-pyrrole nitrogens is 1. The first-order valence-electron chi connectivity index (χ1n) is 5.99. The summed E-state index contributed by atoms with van der Waals surface area (Å²) in [4.78, 5) is 14.9. The quantitative estimate of drug-likeness (QED) is 0.876. The van der Waals surface area contributed by atoms with E-state index in [-0.39, 0.29) is 5.91 Å². The highest BCUT2D eigenvalue weighted by Crippen LogP contribution is 2.25. The van der Waals surface area contributed by atoms with E-state index >= 15 is 0 Å². The fraction of sp³-hybridized carbons (Fsp3) is 0.214. The van der Waals surface area contributed by atoms with E-state index in [1.165, 1.54) is 17.5 Å². The number of rotatable bonds is 2. The Morgan fingerprint density at radius 1 is 1.22 bits per heavy atom. The van der Waals surface area contributed by atoms with Gasteiger partial charge in [0.1, 0.15) is 5.69 Å². The minimum absolute atomic E-state index is 0.112. The molecule has 1 aromatic heterocycles. The first-order chi connectivity index (χ1) is 8.72. The average molecular weight is 305 g/mol. The molecule has 0 atom stereocenters. The third kappa shape index (κ3) is 2.20. The summed E-state index contributed by atoms with van der Waals surface area (Å²) < 4.78 is 0.876. The van der Waals surface area contributed by atoms with Gasteiger partial charge in [0, 0.05) is 16.4 Å². The van der Waals surface area contributed by atoms with Crippen molar-refractivity contribution in [3.8, 4) is 0 Å². The van der Waals surface area contributed by atoms with Crippen LogP contribution in [0, 0.1) is 0 Å². The molecule has 1 aromatic carbocycles. The van der Waals surface area contributed by atoms with Gasteiger partial charge in [0.25, 0.3) is 5.91 Å². The van der Waals surface area contributed by atoms with E-state index in [9.17, 15) is 4.79 Å². The van der Waals surface area contributed by atoms with Crippen LogP contribution in [0.5, 0.6) is 0 Å². The lowest BCUT2D eigenvalue weighted by Crippen LogP contribution is -2.12. The summed E-state index contributed by atoms with van der Waals surface area (Å²) in [5, 5.41) is 2.91. The van der Waals surface area contributed by atoms with Crippen LogP contribution >= 0.6 is 15.9 Å².